The molecular formula is C14H27N3O. The summed E-state index contributed by atoms with van der Waals surface area (Å²) in [4.78, 5) is 19.0. The molecule has 0 spiro atoms. The van der Waals surface area contributed by atoms with Crippen LogP contribution in [0.2, 0.25) is 0 Å². The molecule has 0 aromatic heterocycles. The van der Waals surface area contributed by atoms with E-state index in [1.807, 2.05) is 4.90 Å². The summed E-state index contributed by atoms with van der Waals surface area (Å²) < 4.78 is 0. The number of amides is 2. The Labute approximate surface area is 111 Å². The van der Waals surface area contributed by atoms with Crippen molar-refractivity contribution in [2.45, 2.75) is 58.7 Å². The molecule has 2 heterocycles. The molecule has 2 rings (SSSR count). The molecule has 4 nitrogen and oxygen atoms in total. The number of hydrogen-bond donors (Lipinski definition) is 0. The van der Waals surface area contributed by atoms with Crippen molar-refractivity contribution < 1.29 is 4.79 Å². The predicted octanol–water partition coefficient (Wildman–Crippen LogP) is 2.01. The van der Waals surface area contributed by atoms with Crippen LogP contribution < -0.4 is 0 Å². The SMILES string of the molecule is CC(C)N1[C@H](C)CN(C(=O)N2CCCC2)C[C@@H]1C. The van der Waals surface area contributed by atoms with E-state index in [-0.39, 0.29) is 6.03 Å². The summed E-state index contributed by atoms with van der Waals surface area (Å²) in [7, 11) is 0. The number of hydrogen-bond acceptors (Lipinski definition) is 2. The monoisotopic (exact) mass is 253 g/mol. The molecule has 2 fully saturated rings. The third-order valence-electron chi connectivity index (χ3n) is 4.23. The second-order valence-electron chi connectivity index (χ2n) is 6.12. The van der Waals surface area contributed by atoms with Crippen LogP contribution in [0.15, 0.2) is 0 Å². The van der Waals surface area contributed by atoms with Gasteiger partial charge < -0.3 is 9.80 Å². The molecular weight excluding hydrogens is 226 g/mol. The summed E-state index contributed by atoms with van der Waals surface area (Å²) in [5.74, 6) is 0. The van der Waals surface area contributed by atoms with Crippen LogP contribution in [0.1, 0.15) is 40.5 Å². The van der Waals surface area contributed by atoms with Crippen LogP contribution in [0.25, 0.3) is 0 Å². The van der Waals surface area contributed by atoms with Crippen molar-refractivity contribution >= 4 is 6.03 Å². The standard InChI is InChI=1S/C14H27N3O/c1-11(2)17-12(3)9-16(10-13(17)4)14(18)15-7-5-6-8-15/h11-13H,5-10H2,1-4H3/t12-,13+. The molecule has 2 saturated heterocycles. The van der Waals surface area contributed by atoms with E-state index in [4.69, 9.17) is 0 Å². The molecule has 0 radical (unpaired) electrons. The number of nitrogens with zero attached hydrogens (tertiary/aromatic N) is 3. The lowest BCUT2D eigenvalue weighted by Crippen LogP contribution is -2.61. The van der Waals surface area contributed by atoms with Gasteiger partial charge in [-0.3, -0.25) is 4.90 Å². The minimum Gasteiger partial charge on any atom is -0.325 e. The largest absolute Gasteiger partial charge is 0.325 e. The van der Waals surface area contributed by atoms with Crippen molar-refractivity contribution in [3.8, 4) is 0 Å². The summed E-state index contributed by atoms with van der Waals surface area (Å²) in [6.07, 6.45) is 2.34. The van der Waals surface area contributed by atoms with Crippen molar-refractivity contribution in [3.63, 3.8) is 0 Å². The fraction of sp³-hybridized carbons (Fsp3) is 0.929. The number of urea groups is 1. The molecule has 2 aliphatic rings. The zero-order valence-electron chi connectivity index (χ0n) is 12.2. The number of likely N-dealkylation sites (tertiary alicyclic amines) is 1. The zero-order chi connectivity index (χ0) is 13.3. The molecule has 18 heavy (non-hydrogen) atoms. The number of rotatable bonds is 1. The molecule has 0 aliphatic carbocycles. The van der Waals surface area contributed by atoms with Gasteiger partial charge in [0.05, 0.1) is 0 Å². The van der Waals surface area contributed by atoms with Crippen LogP contribution >= 0.6 is 0 Å². The first-order valence-electron chi connectivity index (χ1n) is 7.32. The first-order chi connectivity index (χ1) is 8.50. The van der Waals surface area contributed by atoms with Crippen molar-refractivity contribution in [3.05, 3.63) is 0 Å². The van der Waals surface area contributed by atoms with Gasteiger partial charge in [-0.25, -0.2) is 4.79 Å². The lowest BCUT2D eigenvalue weighted by Gasteiger charge is -2.47. The van der Waals surface area contributed by atoms with Gasteiger partial charge in [-0.05, 0) is 40.5 Å². The van der Waals surface area contributed by atoms with Gasteiger partial charge in [0.2, 0.25) is 0 Å². The quantitative estimate of drug-likeness (QED) is 0.714. The predicted molar refractivity (Wildman–Crippen MR) is 73.7 cm³/mol. The van der Waals surface area contributed by atoms with E-state index >= 15 is 0 Å². The Morgan fingerprint density at radius 1 is 1.00 bits per heavy atom. The van der Waals surface area contributed by atoms with Crippen molar-refractivity contribution in [2.75, 3.05) is 26.2 Å². The third kappa shape index (κ3) is 2.63. The van der Waals surface area contributed by atoms with E-state index in [0.29, 0.717) is 18.1 Å². The van der Waals surface area contributed by atoms with Crippen LogP contribution in [0.4, 0.5) is 4.79 Å². The van der Waals surface area contributed by atoms with E-state index in [2.05, 4.69) is 37.5 Å². The molecule has 4 heteroatoms. The average Bonchev–Trinajstić information content (AvgIpc) is 2.79. The Morgan fingerprint density at radius 2 is 1.50 bits per heavy atom. The molecule has 0 aromatic rings. The smallest absolute Gasteiger partial charge is 0.320 e. The minimum absolute atomic E-state index is 0.259. The fourth-order valence-corrected chi connectivity index (χ4v) is 3.62. The molecule has 2 aliphatic heterocycles. The lowest BCUT2D eigenvalue weighted by atomic mass is 10.1. The van der Waals surface area contributed by atoms with E-state index in [0.717, 1.165) is 26.2 Å². The molecule has 2 atom stereocenters. The molecule has 0 unspecified atom stereocenters. The maximum atomic E-state index is 12.4. The van der Waals surface area contributed by atoms with Crippen molar-refractivity contribution in [2.24, 2.45) is 0 Å². The Balaban J connectivity index is 1.98. The van der Waals surface area contributed by atoms with Gasteiger partial charge in [-0.1, -0.05) is 0 Å². The number of carbonyl (C=O) groups excluding carboxylic acids is 1. The molecule has 0 aromatic carbocycles. The Morgan fingerprint density at radius 3 is 1.94 bits per heavy atom. The van der Waals surface area contributed by atoms with Crippen LogP contribution in [0, 0.1) is 0 Å². The fourth-order valence-electron chi connectivity index (χ4n) is 3.62. The highest BCUT2D eigenvalue weighted by Crippen LogP contribution is 2.21. The second kappa shape index (κ2) is 5.47. The van der Waals surface area contributed by atoms with E-state index < -0.39 is 0 Å². The van der Waals surface area contributed by atoms with Gasteiger partial charge in [0.15, 0.2) is 0 Å². The van der Waals surface area contributed by atoms with Gasteiger partial charge >= 0.3 is 6.03 Å². The maximum Gasteiger partial charge on any atom is 0.320 e. The van der Waals surface area contributed by atoms with E-state index in [9.17, 15) is 4.79 Å². The molecule has 0 bridgehead atoms. The van der Waals surface area contributed by atoms with Gasteiger partial charge in [0.25, 0.3) is 0 Å². The Bertz CT molecular complexity index is 287. The summed E-state index contributed by atoms with van der Waals surface area (Å²) >= 11 is 0. The van der Waals surface area contributed by atoms with Crippen LogP contribution in [0.5, 0.6) is 0 Å². The summed E-state index contributed by atoms with van der Waals surface area (Å²) in [6.45, 7) is 12.6. The Hall–Kier alpha value is -0.770. The summed E-state index contributed by atoms with van der Waals surface area (Å²) in [6, 6.07) is 1.73. The Kier molecular flexibility index (Phi) is 4.15. The molecule has 104 valence electrons. The minimum atomic E-state index is 0.259. The van der Waals surface area contributed by atoms with Gasteiger partial charge in [-0.15, -0.1) is 0 Å². The van der Waals surface area contributed by atoms with Crippen molar-refractivity contribution in [1.82, 2.24) is 14.7 Å². The summed E-state index contributed by atoms with van der Waals surface area (Å²) in [5.41, 5.74) is 0. The number of piperazine rings is 1. The van der Waals surface area contributed by atoms with Gasteiger partial charge in [-0.2, -0.15) is 0 Å². The summed E-state index contributed by atoms with van der Waals surface area (Å²) in [5, 5.41) is 0. The molecule has 2 amide bonds. The first-order valence-corrected chi connectivity index (χ1v) is 7.32. The zero-order valence-corrected chi connectivity index (χ0v) is 12.2. The maximum absolute atomic E-state index is 12.4. The third-order valence-corrected chi connectivity index (χ3v) is 4.23. The first kappa shape index (κ1) is 13.7. The van der Waals surface area contributed by atoms with E-state index in [1.54, 1.807) is 0 Å². The molecule has 0 N–H and O–H groups in total. The second-order valence-corrected chi connectivity index (χ2v) is 6.12. The van der Waals surface area contributed by atoms with Crippen LogP contribution in [-0.2, 0) is 0 Å². The van der Waals surface area contributed by atoms with Crippen LogP contribution in [-0.4, -0.2) is 65.0 Å². The highest BCUT2D eigenvalue weighted by atomic mass is 16.2. The van der Waals surface area contributed by atoms with Gasteiger partial charge in [0.1, 0.15) is 0 Å². The lowest BCUT2D eigenvalue weighted by molar-refractivity contribution is 0.0255. The topological polar surface area (TPSA) is 26.8 Å². The van der Waals surface area contributed by atoms with Crippen molar-refractivity contribution in [1.29, 1.82) is 0 Å². The number of carbonyl (C=O) groups is 1. The highest BCUT2D eigenvalue weighted by molar-refractivity contribution is 5.75. The molecule has 0 saturated carbocycles. The normalized spacial score (nSPS) is 30.3. The average molecular weight is 253 g/mol. The highest BCUT2D eigenvalue weighted by Gasteiger charge is 2.35. The van der Waals surface area contributed by atoms with Gasteiger partial charge in [0, 0.05) is 44.3 Å². The van der Waals surface area contributed by atoms with Crippen LogP contribution in [0.3, 0.4) is 0 Å². The van der Waals surface area contributed by atoms with E-state index in [1.165, 1.54) is 12.8 Å².